The molecule has 0 heterocycles. The van der Waals surface area contributed by atoms with E-state index < -0.39 is 11.9 Å². The predicted octanol–water partition coefficient (Wildman–Crippen LogP) is 1.39. The van der Waals surface area contributed by atoms with Crippen molar-refractivity contribution in [1.29, 1.82) is 0 Å². The fourth-order valence-electron chi connectivity index (χ4n) is 1.55. The summed E-state index contributed by atoms with van der Waals surface area (Å²) in [5, 5.41) is 0. The monoisotopic (exact) mass is 250 g/mol. The molecule has 5 nitrogen and oxygen atoms in total. The summed E-state index contributed by atoms with van der Waals surface area (Å²) in [6.07, 6.45) is 0.148. The Morgan fingerprint density at radius 1 is 0.944 bits per heavy atom. The fraction of sp³-hybridized carbons (Fsp3) is 0.308. The second-order valence-corrected chi connectivity index (χ2v) is 3.78. The number of hydrogen-bond donors (Lipinski definition) is 0. The van der Waals surface area contributed by atoms with Gasteiger partial charge < -0.3 is 9.47 Å². The molecule has 0 aliphatic rings. The molecule has 0 saturated carbocycles. The molecule has 5 heteroatoms. The standard InChI is InChI=1S/C13H14O5/c1-8(14)4-9-5-10(12(15)17-2)7-11(6-9)13(16)18-3/h5-7H,4H2,1-3H3. The first-order valence-corrected chi connectivity index (χ1v) is 5.28. The van der Waals surface area contributed by atoms with E-state index in [4.69, 9.17) is 0 Å². The molecule has 0 radical (unpaired) electrons. The average Bonchev–Trinajstić information content (AvgIpc) is 2.35. The lowest BCUT2D eigenvalue weighted by Gasteiger charge is -2.06. The molecule has 0 aliphatic carbocycles. The number of esters is 2. The van der Waals surface area contributed by atoms with Crippen molar-refractivity contribution >= 4 is 17.7 Å². The number of ketones is 1. The van der Waals surface area contributed by atoms with Gasteiger partial charge in [-0.15, -0.1) is 0 Å². The van der Waals surface area contributed by atoms with Crippen LogP contribution in [0, 0.1) is 0 Å². The molecule has 0 bridgehead atoms. The van der Waals surface area contributed by atoms with Crippen LogP contribution in [0.4, 0.5) is 0 Å². The highest BCUT2D eigenvalue weighted by Gasteiger charge is 2.14. The van der Waals surface area contributed by atoms with Gasteiger partial charge in [-0.1, -0.05) is 0 Å². The molecule has 1 aromatic rings. The van der Waals surface area contributed by atoms with Gasteiger partial charge in [0.25, 0.3) is 0 Å². The lowest BCUT2D eigenvalue weighted by molar-refractivity contribution is -0.116. The van der Waals surface area contributed by atoms with Crippen molar-refractivity contribution in [3.63, 3.8) is 0 Å². The number of carbonyl (C=O) groups excluding carboxylic acids is 3. The Hall–Kier alpha value is -2.17. The quantitative estimate of drug-likeness (QED) is 0.755. The van der Waals surface area contributed by atoms with Crippen LogP contribution < -0.4 is 0 Å². The van der Waals surface area contributed by atoms with Gasteiger partial charge in [-0.3, -0.25) is 4.79 Å². The molecule has 1 aromatic carbocycles. The van der Waals surface area contributed by atoms with Crippen molar-refractivity contribution in [3.8, 4) is 0 Å². The molecule has 18 heavy (non-hydrogen) atoms. The van der Waals surface area contributed by atoms with Gasteiger partial charge in [0.05, 0.1) is 25.3 Å². The van der Waals surface area contributed by atoms with Crippen molar-refractivity contribution in [2.75, 3.05) is 14.2 Å². The number of Topliss-reactive ketones (excluding diaryl/α,β-unsaturated/α-hetero) is 1. The second-order valence-electron chi connectivity index (χ2n) is 3.78. The van der Waals surface area contributed by atoms with E-state index in [1.165, 1.54) is 39.3 Å². The van der Waals surface area contributed by atoms with Gasteiger partial charge in [0.15, 0.2) is 0 Å². The van der Waals surface area contributed by atoms with Crippen molar-refractivity contribution in [3.05, 3.63) is 34.9 Å². The van der Waals surface area contributed by atoms with Crippen LogP contribution in [0.2, 0.25) is 0 Å². The highest BCUT2D eigenvalue weighted by atomic mass is 16.5. The van der Waals surface area contributed by atoms with Gasteiger partial charge in [-0.2, -0.15) is 0 Å². The Kier molecular flexibility index (Phi) is 4.59. The van der Waals surface area contributed by atoms with Crippen molar-refractivity contribution in [1.82, 2.24) is 0 Å². The summed E-state index contributed by atoms with van der Waals surface area (Å²) in [5.41, 5.74) is 1.01. The largest absolute Gasteiger partial charge is 0.465 e. The van der Waals surface area contributed by atoms with Crippen molar-refractivity contribution in [2.45, 2.75) is 13.3 Å². The summed E-state index contributed by atoms with van der Waals surface area (Å²) in [5.74, 6) is -1.19. The van der Waals surface area contributed by atoms with Crippen LogP contribution in [-0.2, 0) is 20.7 Å². The first-order chi connectivity index (χ1) is 8.47. The second kappa shape index (κ2) is 5.95. The van der Waals surface area contributed by atoms with E-state index >= 15 is 0 Å². The maximum atomic E-state index is 11.5. The number of carbonyl (C=O) groups is 3. The minimum absolute atomic E-state index is 0.0622. The Balaban J connectivity index is 3.23. The number of rotatable bonds is 4. The Bertz CT molecular complexity index is 456. The van der Waals surface area contributed by atoms with Crippen LogP contribution in [0.3, 0.4) is 0 Å². The Morgan fingerprint density at radius 2 is 1.39 bits per heavy atom. The Morgan fingerprint density at radius 3 is 1.72 bits per heavy atom. The van der Waals surface area contributed by atoms with Gasteiger partial charge in [-0.25, -0.2) is 9.59 Å². The van der Waals surface area contributed by atoms with Crippen LogP contribution in [0.5, 0.6) is 0 Å². The zero-order valence-corrected chi connectivity index (χ0v) is 10.5. The van der Waals surface area contributed by atoms with E-state index in [2.05, 4.69) is 9.47 Å². The molecule has 0 spiro atoms. The topological polar surface area (TPSA) is 69.7 Å². The first-order valence-electron chi connectivity index (χ1n) is 5.28. The third-order valence-electron chi connectivity index (χ3n) is 2.29. The van der Waals surface area contributed by atoms with Crippen LogP contribution in [0.1, 0.15) is 33.2 Å². The normalized spacial score (nSPS) is 9.72. The molecule has 0 aliphatic heterocycles. The van der Waals surface area contributed by atoms with E-state index in [1.54, 1.807) is 0 Å². The minimum Gasteiger partial charge on any atom is -0.465 e. The van der Waals surface area contributed by atoms with Gasteiger partial charge in [0.2, 0.25) is 0 Å². The van der Waals surface area contributed by atoms with E-state index in [9.17, 15) is 14.4 Å². The predicted molar refractivity (Wildman–Crippen MR) is 63.5 cm³/mol. The molecular weight excluding hydrogens is 236 g/mol. The molecule has 1 rings (SSSR count). The van der Waals surface area contributed by atoms with Gasteiger partial charge in [0, 0.05) is 6.42 Å². The minimum atomic E-state index is -0.564. The summed E-state index contributed by atoms with van der Waals surface area (Å²) in [7, 11) is 2.50. The summed E-state index contributed by atoms with van der Waals surface area (Å²) in [6.45, 7) is 1.43. The number of ether oxygens (including phenoxy) is 2. The van der Waals surface area contributed by atoms with Crippen LogP contribution >= 0.6 is 0 Å². The van der Waals surface area contributed by atoms with Gasteiger partial charge in [0.1, 0.15) is 5.78 Å². The summed E-state index contributed by atoms with van der Waals surface area (Å²) >= 11 is 0. The number of methoxy groups -OCH3 is 2. The van der Waals surface area contributed by atoms with E-state index in [1.807, 2.05) is 0 Å². The molecule has 0 unspecified atom stereocenters. The van der Waals surface area contributed by atoms with Crippen molar-refractivity contribution < 1.29 is 23.9 Å². The lowest BCUT2D eigenvalue weighted by Crippen LogP contribution is -2.09. The number of benzene rings is 1. The molecular formula is C13H14O5. The van der Waals surface area contributed by atoms with Crippen LogP contribution in [-0.4, -0.2) is 31.9 Å². The summed E-state index contributed by atoms with van der Waals surface area (Å²) in [6, 6.07) is 4.43. The van der Waals surface area contributed by atoms with E-state index in [0.29, 0.717) is 5.56 Å². The first kappa shape index (κ1) is 13.9. The third-order valence-corrected chi connectivity index (χ3v) is 2.29. The third kappa shape index (κ3) is 3.41. The van der Waals surface area contributed by atoms with Gasteiger partial charge >= 0.3 is 11.9 Å². The highest BCUT2D eigenvalue weighted by molar-refractivity contribution is 5.96. The van der Waals surface area contributed by atoms with E-state index in [-0.39, 0.29) is 23.3 Å². The maximum Gasteiger partial charge on any atom is 0.337 e. The molecule has 0 N–H and O–H groups in total. The zero-order valence-electron chi connectivity index (χ0n) is 10.5. The maximum absolute atomic E-state index is 11.5. The molecule has 96 valence electrons. The molecule has 0 aromatic heterocycles. The Labute approximate surface area is 105 Å². The molecule has 0 fully saturated rings. The average molecular weight is 250 g/mol. The van der Waals surface area contributed by atoms with Crippen molar-refractivity contribution in [2.24, 2.45) is 0 Å². The lowest BCUT2D eigenvalue weighted by atomic mass is 10.0. The fourth-order valence-corrected chi connectivity index (χ4v) is 1.55. The van der Waals surface area contributed by atoms with Crippen LogP contribution in [0.15, 0.2) is 18.2 Å². The number of hydrogen-bond acceptors (Lipinski definition) is 5. The van der Waals surface area contributed by atoms with E-state index in [0.717, 1.165) is 0 Å². The molecule has 0 saturated heterocycles. The highest BCUT2D eigenvalue weighted by Crippen LogP contribution is 2.13. The van der Waals surface area contributed by atoms with Gasteiger partial charge in [-0.05, 0) is 30.7 Å². The molecule has 0 atom stereocenters. The smallest absolute Gasteiger partial charge is 0.337 e. The summed E-state index contributed by atoms with van der Waals surface area (Å²) < 4.78 is 9.18. The SMILES string of the molecule is COC(=O)c1cc(CC(C)=O)cc(C(=O)OC)c1. The summed E-state index contributed by atoms with van der Waals surface area (Å²) in [4.78, 5) is 34.0. The zero-order chi connectivity index (χ0) is 13.7. The van der Waals surface area contributed by atoms with Crippen LogP contribution in [0.25, 0.3) is 0 Å². The molecule has 0 amide bonds.